The maximum absolute atomic E-state index is 12.5. The number of likely N-dealkylation sites (tertiary alicyclic amines) is 1. The summed E-state index contributed by atoms with van der Waals surface area (Å²) in [5.41, 5.74) is 4.12. The summed E-state index contributed by atoms with van der Waals surface area (Å²) in [4.78, 5) is 25.8. The van der Waals surface area contributed by atoms with Crippen molar-refractivity contribution in [3.05, 3.63) is 78.2 Å². The number of likely N-dealkylation sites (N-methyl/N-ethyl adjacent to an activating group) is 1. The highest BCUT2D eigenvalue weighted by Crippen LogP contribution is 2.25. The second-order valence-corrected chi connectivity index (χ2v) is 8.56. The minimum Gasteiger partial charge on any atom is -0.459 e. The van der Waals surface area contributed by atoms with Crippen LogP contribution in [0.4, 0.5) is 5.82 Å². The molecule has 1 aliphatic heterocycles. The normalized spacial score (nSPS) is 16.3. The number of hydrogen-bond acceptors (Lipinski definition) is 6. The van der Waals surface area contributed by atoms with Crippen LogP contribution in [0.3, 0.4) is 0 Å². The van der Waals surface area contributed by atoms with Crippen molar-refractivity contribution in [3.63, 3.8) is 0 Å². The molecule has 3 aromatic rings. The zero-order valence-corrected chi connectivity index (χ0v) is 18.9. The lowest BCUT2D eigenvalue weighted by atomic mass is 10.1. The lowest BCUT2D eigenvalue weighted by Gasteiger charge is -2.27. The van der Waals surface area contributed by atoms with Gasteiger partial charge in [0.25, 0.3) is 0 Å². The number of ether oxygens (including phenoxy) is 1. The SMILES string of the molecule is CC(C)OC(=O)c1cccnc1N(C)[C@@H]1CCN(Cc2ccc(-c3cccnc3)cc2)C1. The number of pyridine rings is 2. The van der Waals surface area contributed by atoms with E-state index in [0.717, 1.165) is 31.6 Å². The summed E-state index contributed by atoms with van der Waals surface area (Å²) in [7, 11) is 2.02. The molecular formula is C26H30N4O2. The van der Waals surface area contributed by atoms with Gasteiger partial charge < -0.3 is 9.64 Å². The zero-order chi connectivity index (χ0) is 22.5. The van der Waals surface area contributed by atoms with Gasteiger partial charge in [-0.3, -0.25) is 9.88 Å². The molecule has 0 aliphatic carbocycles. The van der Waals surface area contributed by atoms with Crippen molar-refractivity contribution in [1.29, 1.82) is 0 Å². The van der Waals surface area contributed by atoms with Gasteiger partial charge in [0.15, 0.2) is 0 Å². The molecule has 1 fully saturated rings. The average Bonchev–Trinajstić information content (AvgIpc) is 3.27. The standard InChI is InChI=1S/C26H30N4O2/c1-19(2)32-26(31)24-7-5-14-28-25(24)29(3)23-12-15-30(18-23)17-20-8-10-21(11-9-20)22-6-4-13-27-16-22/h4-11,13-14,16,19,23H,12,15,17-18H2,1-3H3/t23-/m1/s1. The second-order valence-electron chi connectivity index (χ2n) is 8.56. The molecule has 1 aromatic carbocycles. The van der Waals surface area contributed by atoms with Crippen LogP contribution in [0, 0.1) is 0 Å². The summed E-state index contributed by atoms with van der Waals surface area (Å²) < 4.78 is 5.41. The molecule has 6 heteroatoms. The molecule has 166 valence electrons. The van der Waals surface area contributed by atoms with Gasteiger partial charge in [-0.1, -0.05) is 30.3 Å². The molecule has 0 N–H and O–H groups in total. The summed E-state index contributed by atoms with van der Waals surface area (Å²) in [6.07, 6.45) is 6.28. The van der Waals surface area contributed by atoms with Crippen molar-refractivity contribution < 1.29 is 9.53 Å². The van der Waals surface area contributed by atoms with Crippen molar-refractivity contribution in [2.45, 2.75) is 39.0 Å². The molecule has 3 heterocycles. The topological polar surface area (TPSA) is 58.6 Å². The Morgan fingerprint density at radius 2 is 1.91 bits per heavy atom. The van der Waals surface area contributed by atoms with E-state index in [1.165, 1.54) is 11.1 Å². The van der Waals surface area contributed by atoms with Crippen molar-refractivity contribution in [2.24, 2.45) is 0 Å². The second kappa shape index (κ2) is 9.92. The van der Waals surface area contributed by atoms with Crippen LogP contribution in [0.25, 0.3) is 11.1 Å². The zero-order valence-electron chi connectivity index (χ0n) is 18.9. The number of nitrogens with zero attached hydrogens (tertiary/aromatic N) is 4. The third-order valence-corrected chi connectivity index (χ3v) is 5.83. The fraction of sp³-hybridized carbons (Fsp3) is 0.346. The number of carbonyl (C=O) groups excluding carboxylic acids is 1. The highest BCUT2D eigenvalue weighted by atomic mass is 16.5. The number of carbonyl (C=O) groups is 1. The lowest BCUT2D eigenvalue weighted by Crippen LogP contribution is -2.36. The predicted octanol–water partition coefficient (Wildman–Crippen LogP) is 4.42. The van der Waals surface area contributed by atoms with Crippen molar-refractivity contribution in [2.75, 3.05) is 25.0 Å². The van der Waals surface area contributed by atoms with Crippen LogP contribution in [0.15, 0.2) is 67.1 Å². The third kappa shape index (κ3) is 5.14. The molecule has 0 spiro atoms. The first-order valence-electron chi connectivity index (χ1n) is 11.1. The number of aromatic nitrogens is 2. The molecule has 4 rings (SSSR count). The van der Waals surface area contributed by atoms with E-state index < -0.39 is 0 Å². The van der Waals surface area contributed by atoms with E-state index in [0.29, 0.717) is 17.4 Å². The van der Waals surface area contributed by atoms with E-state index >= 15 is 0 Å². The highest BCUT2D eigenvalue weighted by molar-refractivity contribution is 5.94. The Bertz CT molecular complexity index is 1040. The maximum Gasteiger partial charge on any atom is 0.342 e. The summed E-state index contributed by atoms with van der Waals surface area (Å²) in [6, 6.07) is 16.6. The number of esters is 1. The Morgan fingerprint density at radius 3 is 2.62 bits per heavy atom. The van der Waals surface area contributed by atoms with E-state index in [1.807, 2.05) is 33.2 Å². The van der Waals surface area contributed by atoms with Crippen LogP contribution in [-0.2, 0) is 11.3 Å². The first-order valence-corrected chi connectivity index (χ1v) is 11.1. The Balaban J connectivity index is 1.39. The number of hydrogen-bond donors (Lipinski definition) is 0. The first kappa shape index (κ1) is 22.0. The van der Waals surface area contributed by atoms with Crippen LogP contribution in [0.5, 0.6) is 0 Å². The predicted molar refractivity (Wildman–Crippen MR) is 127 cm³/mol. The molecule has 0 unspecified atom stereocenters. The molecule has 0 radical (unpaired) electrons. The van der Waals surface area contributed by atoms with Gasteiger partial charge in [-0.2, -0.15) is 0 Å². The van der Waals surface area contributed by atoms with Gasteiger partial charge >= 0.3 is 5.97 Å². The summed E-state index contributed by atoms with van der Waals surface area (Å²) in [5.74, 6) is 0.365. The Morgan fingerprint density at radius 1 is 1.12 bits per heavy atom. The van der Waals surface area contributed by atoms with Crippen LogP contribution in [0.1, 0.15) is 36.2 Å². The molecule has 0 amide bonds. The van der Waals surface area contributed by atoms with E-state index in [-0.39, 0.29) is 12.1 Å². The minimum absolute atomic E-state index is 0.160. The quantitative estimate of drug-likeness (QED) is 0.517. The Labute approximate surface area is 189 Å². The van der Waals surface area contributed by atoms with E-state index in [9.17, 15) is 4.79 Å². The third-order valence-electron chi connectivity index (χ3n) is 5.83. The summed E-state index contributed by atoms with van der Waals surface area (Å²) >= 11 is 0. The van der Waals surface area contributed by atoms with Gasteiger partial charge in [-0.15, -0.1) is 0 Å². The molecule has 1 aliphatic rings. The Hall–Kier alpha value is -3.25. The monoisotopic (exact) mass is 430 g/mol. The van der Waals surface area contributed by atoms with Gasteiger partial charge in [0, 0.05) is 51.3 Å². The van der Waals surface area contributed by atoms with Crippen LogP contribution in [-0.4, -0.2) is 53.1 Å². The molecule has 32 heavy (non-hydrogen) atoms. The van der Waals surface area contributed by atoms with Gasteiger partial charge in [0.2, 0.25) is 0 Å². The molecule has 0 saturated carbocycles. The van der Waals surface area contributed by atoms with Crippen molar-refractivity contribution in [1.82, 2.24) is 14.9 Å². The fourth-order valence-corrected chi connectivity index (χ4v) is 4.15. The maximum atomic E-state index is 12.5. The largest absolute Gasteiger partial charge is 0.459 e. The van der Waals surface area contributed by atoms with Crippen LogP contribution >= 0.6 is 0 Å². The van der Waals surface area contributed by atoms with Crippen molar-refractivity contribution >= 4 is 11.8 Å². The number of benzene rings is 1. The minimum atomic E-state index is -0.321. The fourth-order valence-electron chi connectivity index (χ4n) is 4.15. The highest BCUT2D eigenvalue weighted by Gasteiger charge is 2.29. The molecule has 6 nitrogen and oxygen atoms in total. The molecule has 1 atom stereocenters. The number of anilines is 1. The Kier molecular flexibility index (Phi) is 6.81. The lowest BCUT2D eigenvalue weighted by molar-refractivity contribution is 0.0378. The van der Waals surface area contributed by atoms with Gasteiger partial charge in [-0.25, -0.2) is 9.78 Å². The van der Waals surface area contributed by atoms with E-state index in [1.54, 1.807) is 24.5 Å². The summed E-state index contributed by atoms with van der Waals surface area (Å²) in [5, 5.41) is 0. The molecule has 2 aromatic heterocycles. The molecular weight excluding hydrogens is 400 g/mol. The number of rotatable bonds is 7. The first-order chi connectivity index (χ1) is 15.5. The van der Waals surface area contributed by atoms with E-state index in [4.69, 9.17) is 4.74 Å². The smallest absolute Gasteiger partial charge is 0.342 e. The average molecular weight is 431 g/mol. The van der Waals surface area contributed by atoms with Gasteiger partial charge in [0.05, 0.1) is 6.10 Å². The van der Waals surface area contributed by atoms with Gasteiger partial charge in [-0.05, 0) is 55.2 Å². The molecule has 1 saturated heterocycles. The van der Waals surface area contributed by atoms with Gasteiger partial charge in [0.1, 0.15) is 11.4 Å². The van der Waals surface area contributed by atoms with Crippen molar-refractivity contribution in [3.8, 4) is 11.1 Å². The van der Waals surface area contributed by atoms with E-state index in [2.05, 4.69) is 50.1 Å². The van der Waals surface area contributed by atoms with Crippen LogP contribution < -0.4 is 4.90 Å². The summed E-state index contributed by atoms with van der Waals surface area (Å²) in [6.45, 7) is 6.56. The van der Waals surface area contributed by atoms with Crippen LogP contribution in [0.2, 0.25) is 0 Å². The molecule has 0 bridgehead atoms.